The number of rotatable bonds is 6. The molecule has 0 N–H and O–H groups in total. The summed E-state index contributed by atoms with van der Waals surface area (Å²) in [4.78, 5) is 38.4. The lowest BCUT2D eigenvalue weighted by molar-refractivity contribution is -0.385. The molecule has 9 nitrogen and oxygen atoms in total. The van der Waals surface area contributed by atoms with Gasteiger partial charge in [0.15, 0.2) is 17.2 Å². The van der Waals surface area contributed by atoms with Gasteiger partial charge in [0.25, 0.3) is 5.69 Å². The summed E-state index contributed by atoms with van der Waals surface area (Å²) in [6, 6.07) is 7.59. The first kappa shape index (κ1) is 22.2. The van der Waals surface area contributed by atoms with Crippen molar-refractivity contribution in [3.63, 3.8) is 0 Å². The van der Waals surface area contributed by atoms with E-state index in [0.29, 0.717) is 33.5 Å². The van der Waals surface area contributed by atoms with Crippen LogP contribution in [0.15, 0.2) is 45.5 Å². The molecule has 0 aliphatic carbocycles. The summed E-state index contributed by atoms with van der Waals surface area (Å²) in [5.41, 5.74) is 1.43. The maximum atomic E-state index is 12.3. The Morgan fingerprint density at radius 1 is 1.32 bits per heavy atom. The van der Waals surface area contributed by atoms with Crippen molar-refractivity contribution >= 4 is 45.5 Å². The van der Waals surface area contributed by atoms with Crippen LogP contribution in [0.2, 0.25) is 0 Å². The van der Waals surface area contributed by atoms with Gasteiger partial charge in [-0.15, -0.1) is 0 Å². The summed E-state index contributed by atoms with van der Waals surface area (Å²) in [6.07, 6.45) is 1.50. The zero-order valence-corrected chi connectivity index (χ0v) is 18.4. The number of aliphatic imine (C=N–C) groups is 1. The number of nitrogens with zero attached hydrogens (tertiary/aromatic N) is 2. The molecule has 31 heavy (non-hydrogen) atoms. The molecule has 0 atom stereocenters. The highest BCUT2D eigenvalue weighted by atomic mass is 79.9. The van der Waals surface area contributed by atoms with Crippen LogP contribution < -0.4 is 9.47 Å². The lowest BCUT2D eigenvalue weighted by Crippen LogP contribution is -2.06. The highest BCUT2D eigenvalue weighted by Crippen LogP contribution is 2.38. The van der Waals surface area contributed by atoms with Gasteiger partial charge in [-0.1, -0.05) is 0 Å². The minimum atomic E-state index is -0.663. The van der Waals surface area contributed by atoms with Crippen LogP contribution in [0, 0.1) is 17.0 Å². The third kappa shape index (κ3) is 4.97. The molecule has 0 bridgehead atoms. The second kappa shape index (κ2) is 9.09. The third-order valence-corrected chi connectivity index (χ3v) is 4.73. The van der Waals surface area contributed by atoms with Gasteiger partial charge in [-0.05, 0) is 65.7 Å². The van der Waals surface area contributed by atoms with Crippen LogP contribution >= 0.6 is 15.9 Å². The van der Waals surface area contributed by atoms with Crippen LogP contribution in [0.3, 0.4) is 0 Å². The van der Waals surface area contributed by atoms with Gasteiger partial charge in [-0.25, -0.2) is 9.79 Å². The quantitative estimate of drug-likeness (QED) is 0.195. The van der Waals surface area contributed by atoms with Gasteiger partial charge in [-0.2, -0.15) is 0 Å². The van der Waals surface area contributed by atoms with Gasteiger partial charge in [0.1, 0.15) is 0 Å². The Kier molecular flexibility index (Phi) is 6.50. The molecule has 160 valence electrons. The third-order valence-electron chi connectivity index (χ3n) is 4.14. The number of carbonyl (C=O) groups is 2. The average Bonchev–Trinajstić information content (AvgIpc) is 3.04. The Morgan fingerprint density at radius 3 is 2.68 bits per heavy atom. The normalized spacial score (nSPS) is 14.3. The Hall–Kier alpha value is -3.53. The van der Waals surface area contributed by atoms with Crippen molar-refractivity contribution in [2.45, 2.75) is 20.8 Å². The van der Waals surface area contributed by atoms with Gasteiger partial charge < -0.3 is 14.2 Å². The van der Waals surface area contributed by atoms with E-state index in [1.54, 1.807) is 26.0 Å². The minimum absolute atomic E-state index is 0.0365. The zero-order valence-electron chi connectivity index (χ0n) is 16.8. The molecule has 0 amide bonds. The fraction of sp³-hybridized carbons (Fsp3) is 0.190. The Balaban J connectivity index is 1.97. The number of hydrogen-bond acceptors (Lipinski definition) is 8. The molecule has 1 aliphatic heterocycles. The van der Waals surface area contributed by atoms with E-state index in [9.17, 15) is 19.7 Å². The van der Waals surface area contributed by atoms with Gasteiger partial charge in [0.2, 0.25) is 5.90 Å². The number of nitro benzene ring substituents is 1. The lowest BCUT2D eigenvalue weighted by atomic mass is 10.1. The minimum Gasteiger partial charge on any atom is -0.490 e. The number of nitro groups is 1. The second-order valence-electron chi connectivity index (χ2n) is 6.45. The molecule has 1 aliphatic rings. The SMILES string of the molecule is CCOc1cc(/C=C2\N=C(c3ccc([N+](=O)[O-])c(C)c3)OC2=O)cc(Br)c1OC(C)=O. The lowest BCUT2D eigenvalue weighted by Gasteiger charge is -2.12. The first-order valence-corrected chi connectivity index (χ1v) is 9.91. The van der Waals surface area contributed by atoms with Crippen LogP contribution in [0.5, 0.6) is 11.5 Å². The Bertz CT molecular complexity index is 1150. The van der Waals surface area contributed by atoms with Crippen LogP contribution in [-0.4, -0.2) is 29.4 Å². The van der Waals surface area contributed by atoms with E-state index in [0.717, 1.165) is 0 Å². The number of halogens is 1. The first-order chi connectivity index (χ1) is 14.7. The fourth-order valence-electron chi connectivity index (χ4n) is 2.86. The summed E-state index contributed by atoms with van der Waals surface area (Å²) >= 11 is 3.34. The largest absolute Gasteiger partial charge is 0.490 e. The smallest absolute Gasteiger partial charge is 0.363 e. The first-order valence-electron chi connectivity index (χ1n) is 9.12. The number of ether oxygens (including phenoxy) is 3. The van der Waals surface area contributed by atoms with Crippen molar-refractivity contribution in [2.75, 3.05) is 6.61 Å². The predicted octanol–water partition coefficient (Wildman–Crippen LogP) is 4.33. The van der Waals surface area contributed by atoms with Crippen LogP contribution in [0.1, 0.15) is 30.5 Å². The molecular formula is C21H17BrN2O7. The van der Waals surface area contributed by atoms with E-state index in [4.69, 9.17) is 14.2 Å². The molecular weight excluding hydrogens is 472 g/mol. The standard InChI is InChI=1S/C21H17BrN2O7/c1-4-29-18-10-13(8-15(22)19(18)30-12(3)25)9-16-21(26)31-20(23-16)14-5-6-17(24(27)28)11(2)7-14/h5-10H,4H2,1-3H3/b16-9-. The van der Waals surface area contributed by atoms with Crippen molar-refractivity contribution in [1.29, 1.82) is 0 Å². The van der Waals surface area contributed by atoms with E-state index < -0.39 is 16.9 Å². The van der Waals surface area contributed by atoms with Crippen molar-refractivity contribution in [1.82, 2.24) is 0 Å². The van der Waals surface area contributed by atoms with Crippen LogP contribution in [0.4, 0.5) is 5.69 Å². The van der Waals surface area contributed by atoms with Crippen LogP contribution in [-0.2, 0) is 14.3 Å². The van der Waals surface area contributed by atoms with E-state index in [-0.39, 0.29) is 23.0 Å². The maximum Gasteiger partial charge on any atom is 0.363 e. The van der Waals surface area contributed by atoms with Gasteiger partial charge in [0, 0.05) is 24.1 Å². The van der Waals surface area contributed by atoms with Crippen molar-refractivity contribution in [3.8, 4) is 11.5 Å². The van der Waals surface area contributed by atoms with E-state index >= 15 is 0 Å². The van der Waals surface area contributed by atoms with E-state index in [1.807, 2.05) is 0 Å². The molecule has 0 radical (unpaired) electrons. The monoisotopic (exact) mass is 488 g/mol. The van der Waals surface area contributed by atoms with Crippen molar-refractivity contribution in [2.24, 2.45) is 4.99 Å². The predicted molar refractivity (Wildman–Crippen MR) is 115 cm³/mol. The summed E-state index contributed by atoms with van der Waals surface area (Å²) in [5, 5.41) is 11.0. The highest BCUT2D eigenvalue weighted by molar-refractivity contribution is 9.10. The molecule has 2 aromatic carbocycles. The van der Waals surface area contributed by atoms with Gasteiger partial charge >= 0.3 is 11.9 Å². The maximum absolute atomic E-state index is 12.3. The molecule has 3 rings (SSSR count). The van der Waals surface area contributed by atoms with Crippen LogP contribution in [0.25, 0.3) is 6.08 Å². The number of carbonyl (C=O) groups excluding carboxylic acids is 2. The summed E-state index contributed by atoms with van der Waals surface area (Å²) in [6.45, 7) is 4.99. The molecule has 0 spiro atoms. The summed E-state index contributed by atoms with van der Waals surface area (Å²) in [5.74, 6) is -0.560. The van der Waals surface area contributed by atoms with Crippen molar-refractivity contribution < 1.29 is 28.7 Å². The Labute approximate surface area is 185 Å². The molecule has 0 unspecified atom stereocenters. The zero-order chi connectivity index (χ0) is 22.7. The number of cyclic esters (lactones) is 1. The molecule has 0 fully saturated rings. The molecule has 1 heterocycles. The summed E-state index contributed by atoms with van der Waals surface area (Å²) < 4.78 is 16.4. The molecule has 0 saturated heterocycles. The number of hydrogen-bond donors (Lipinski definition) is 0. The van der Waals surface area contributed by atoms with Gasteiger partial charge in [-0.3, -0.25) is 14.9 Å². The second-order valence-corrected chi connectivity index (χ2v) is 7.31. The van der Waals surface area contributed by atoms with Crippen molar-refractivity contribution in [3.05, 3.63) is 67.3 Å². The van der Waals surface area contributed by atoms with E-state index in [2.05, 4.69) is 20.9 Å². The molecule has 10 heteroatoms. The van der Waals surface area contributed by atoms with E-state index in [1.165, 1.54) is 31.2 Å². The highest BCUT2D eigenvalue weighted by Gasteiger charge is 2.26. The molecule has 0 saturated carbocycles. The molecule has 0 aromatic heterocycles. The number of benzene rings is 2. The Morgan fingerprint density at radius 2 is 2.06 bits per heavy atom. The fourth-order valence-corrected chi connectivity index (χ4v) is 3.40. The summed E-state index contributed by atoms with van der Waals surface area (Å²) in [7, 11) is 0. The molecule has 2 aromatic rings. The average molecular weight is 489 g/mol. The number of esters is 2. The topological polar surface area (TPSA) is 117 Å². The van der Waals surface area contributed by atoms with Gasteiger partial charge in [0.05, 0.1) is 16.0 Å². The number of aryl methyl sites for hydroxylation is 1.